The molecule has 4 bridgehead atoms. The maximum atomic E-state index is 12.8. The van der Waals surface area contributed by atoms with Crippen LogP contribution < -0.4 is 4.90 Å². The van der Waals surface area contributed by atoms with Gasteiger partial charge in [-0.25, -0.2) is 0 Å². The van der Waals surface area contributed by atoms with Gasteiger partial charge in [0.15, 0.2) is 0 Å². The van der Waals surface area contributed by atoms with Crippen LogP contribution in [0.25, 0.3) is 0 Å². The van der Waals surface area contributed by atoms with Crippen molar-refractivity contribution in [3.63, 3.8) is 0 Å². The summed E-state index contributed by atoms with van der Waals surface area (Å²) in [7, 11) is 2.20. The lowest BCUT2D eigenvalue weighted by Gasteiger charge is -2.65. The standard InChI is InChI=1S/C19H25N3O/c1-18-9-21-11-19(2,17(18)23)12-22(10-18)16(21)14-8-20(3)15-7-5-4-6-13(14)15/h4-7,14,16H,8-12H2,1-3H3/t14-,16?,18?,19?/m0/s1. The number of rotatable bonds is 1. The van der Waals surface area contributed by atoms with E-state index in [4.69, 9.17) is 0 Å². The zero-order chi connectivity index (χ0) is 16.0. The van der Waals surface area contributed by atoms with Crippen LogP contribution in [0.1, 0.15) is 25.3 Å². The number of fused-ring (bicyclic) bond motifs is 1. The number of piperidine rings is 2. The van der Waals surface area contributed by atoms with E-state index in [0.717, 1.165) is 32.7 Å². The number of carbonyl (C=O) groups excluding carboxylic acids is 1. The molecule has 1 atom stereocenters. The number of hydrogen-bond donors (Lipinski definition) is 0. The van der Waals surface area contributed by atoms with Crippen molar-refractivity contribution in [2.24, 2.45) is 10.8 Å². The molecule has 0 spiro atoms. The maximum absolute atomic E-state index is 12.8. The molecule has 23 heavy (non-hydrogen) atoms. The first-order chi connectivity index (χ1) is 10.9. The number of hydrogen-bond acceptors (Lipinski definition) is 4. The summed E-state index contributed by atoms with van der Waals surface area (Å²) in [6.07, 6.45) is 0.454. The molecule has 0 saturated carbocycles. The van der Waals surface area contributed by atoms with Crippen molar-refractivity contribution >= 4 is 11.5 Å². The van der Waals surface area contributed by atoms with Crippen LogP contribution in [-0.4, -0.2) is 61.5 Å². The van der Waals surface area contributed by atoms with Crippen LogP contribution >= 0.6 is 0 Å². The first-order valence-corrected chi connectivity index (χ1v) is 8.74. The second-order valence-corrected chi connectivity index (χ2v) is 8.72. The van der Waals surface area contributed by atoms with Crippen molar-refractivity contribution in [1.82, 2.24) is 9.80 Å². The van der Waals surface area contributed by atoms with Crippen molar-refractivity contribution in [3.05, 3.63) is 29.8 Å². The molecule has 4 heteroatoms. The van der Waals surface area contributed by atoms with E-state index in [2.05, 4.69) is 59.9 Å². The first kappa shape index (κ1) is 14.0. The van der Waals surface area contributed by atoms with E-state index in [1.54, 1.807) is 0 Å². The van der Waals surface area contributed by atoms with Gasteiger partial charge in [-0.3, -0.25) is 14.6 Å². The lowest BCUT2D eigenvalue weighted by molar-refractivity contribution is -0.198. The number of nitrogens with zero attached hydrogens (tertiary/aromatic N) is 3. The molecule has 5 heterocycles. The molecule has 0 unspecified atom stereocenters. The Labute approximate surface area is 138 Å². The molecular formula is C19H25N3O. The topological polar surface area (TPSA) is 26.8 Å². The Bertz CT molecular complexity index is 660. The number of Topliss-reactive ketones (excluding diaryl/α,β-unsaturated/α-hetero) is 1. The van der Waals surface area contributed by atoms with Gasteiger partial charge in [-0.2, -0.15) is 0 Å². The van der Waals surface area contributed by atoms with Crippen molar-refractivity contribution in [2.75, 3.05) is 44.7 Å². The monoisotopic (exact) mass is 311 g/mol. The SMILES string of the molecule is CN1C[C@H](C2N3CC4(C)CN2CC(C)(C3)C4=O)c2ccccc21. The zero-order valence-electron chi connectivity index (χ0n) is 14.2. The average molecular weight is 311 g/mol. The van der Waals surface area contributed by atoms with E-state index in [1.165, 1.54) is 11.3 Å². The maximum Gasteiger partial charge on any atom is 0.149 e. The summed E-state index contributed by atoms with van der Waals surface area (Å²) in [6, 6.07) is 8.83. The number of likely N-dealkylation sites (N-methyl/N-ethyl adjacent to an activating group) is 1. The predicted molar refractivity (Wildman–Crippen MR) is 90.6 cm³/mol. The molecule has 122 valence electrons. The highest BCUT2D eigenvalue weighted by atomic mass is 16.1. The Hall–Kier alpha value is -1.39. The molecule has 5 aliphatic rings. The average Bonchev–Trinajstić information content (AvgIpc) is 2.81. The Morgan fingerprint density at radius 1 is 1.00 bits per heavy atom. The predicted octanol–water partition coefficient (Wildman–Crippen LogP) is 1.77. The lowest BCUT2D eigenvalue weighted by Crippen LogP contribution is -2.79. The normalized spacial score (nSPS) is 47.3. The third-order valence-corrected chi connectivity index (χ3v) is 6.63. The number of anilines is 1. The van der Waals surface area contributed by atoms with Gasteiger partial charge in [-0.05, 0) is 11.6 Å². The molecule has 1 aromatic rings. The van der Waals surface area contributed by atoms with Crippen molar-refractivity contribution in [3.8, 4) is 0 Å². The minimum absolute atomic E-state index is 0.161. The number of ketones is 1. The fraction of sp³-hybridized carbons (Fsp3) is 0.632. The van der Waals surface area contributed by atoms with Gasteiger partial charge in [0, 0.05) is 51.4 Å². The van der Waals surface area contributed by atoms with E-state index >= 15 is 0 Å². The summed E-state index contributed by atoms with van der Waals surface area (Å²) in [5.74, 6) is 1.03. The van der Waals surface area contributed by atoms with Crippen molar-refractivity contribution in [2.45, 2.75) is 25.9 Å². The molecule has 5 aliphatic heterocycles. The number of benzene rings is 1. The summed E-state index contributed by atoms with van der Waals surface area (Å²) >= 11 is 0. The van der Waals surface area contributed by atoms with Gasteiger partial charge in [-0.15, -0.1) is 0 Å². The second kappa shape index (κ2) is 4.17. The lowest BCUT2D eigenvalue weighted by atomic mass is 9.61. The highest BCUT2D eigenvalue weighted by Crippen LogP contribution is 2.52. The molecule has 4 saturated heterocycles. The molecule has 0 amide bonds. The second-order valence-electron chi connectivity index (χ2n) is 8.72. The van der Waals surface area contributed by atoms with Crippen LogP contribution in [0.4, 0.5) is 5.69 Å². The summed E-state index contributed by atoms with van der Waals surface area (Å²) in [5.41, 5.74) is 2.54. The van der Waals surface area contributed by atoms with Crippen LogP contribution in [0.15, 0.2) is 24.3 Å². The van der Waals surface area contributed by atoms with Gasteiger partial charge in [0.2, 0.25) is 0 Å². The first-order valence-electron chi connectivity index (χ1n) is 8.74. The highest BCUT2D eigenvalue weighted by Gasteiger charge is 2.63. The van der Waals surface area contributed by atoms with Gasteiger partial charge in [-0.1, -0.05) is 32.0 Å². The van der Waals surface area contributed by atoms with E-state index < -0.39 is 0 Å². The van der Waals surface area contributed by atoms with Crippen LogP contribution in [0.2, 0.25) is 0 Å². The molecule has 4 nitrogen and oxygen atoms in total. The van der Waals surface area contributed by atoms with Gasteiger partial charge in [0.1, 0.15) is 5.78 Å². The van der Waals surface area contributed by atoms with Crippen LogP contribution in [0.3, 0.4) is 0 Å². The van der Waals surface area contributed by atoms with Crippen LogP contribution in [0, 0.1) is 10.8 Å². The fourth-order valence-corrected chi connectivity index (χ4v) is 6.03. The van der Waals surface area contributed by atoms with E-state index in [1.807, 2.05) is 0 Å². The smallest absolute Gasteiger partial charge is 0.149 e. The summed E-state index contributed by atoms with van der Waals surface area (Å²) in [4.78, 5) is 20.4. The van der Waals surface area contributed by atoms with E-state index in [-0.39, 0.29) is 10.8 Å². The Morgan fingerprint density at radius 3 is 2.17 bits per heavy atom. The minimum atomic E-state index is -0.161. The Kier molecular flexibility index (Phi) is 2.54. The van der Waals surface area contributed by atoms with Gasteiger partial charge in [0.25, 0.3) is 0 Å². The molecular weight excluding hydrogens is 286 g/mol. The third kappa shape index (κ3) is 1.66. The largest absolute Gasteiger partial charge is 0.374 e. The van der Waals surface area contributed by atoms with Gasteiger partial charge < -0.3 is 4.90 Å². The minimum Gasteiger partial charge on any atom is -0.374 e. The Morgan fingerprint density at radius 2 is 1.57 bits per heavy atom. The van der Waals surface area contributed by atoms with Gasteiger partial charge in [0.05, 0.1) is 17.0 Å². The number of carbonyl (C=O) groups is 1. The summed E-state index contributed by atoms with van der Waals surface area (Å²) in [6.45, 7) is 9.18. The summed E-state index contributed by atoms with van der Waals surface area (Å²) < 4.78 is 0. The quantitative estimate of drug-likeness (QED) is 0.790. The number of para-hydroxylation sites is 1. The fourth-order valence-electron chi connectivity index (χ4n) is 6.03. The van der Waals surface area contributed by atoms with E-state index in [9.17, 15) is 4.79 Å². The molecule has 0 aliphatic carbocycles. The van der Waals surface area contributed by atoms with Crippen molar-refractivity contribution in [1.29, 1.82) is 0 Å². The van der Waals surface area contributed by atoms with Crippen LogP contribution in [-0.2, 0) is 4.79 Å². The molecule has 0 aromatic heterocycles. The zero-order valence-corrected chi connectivity index (χ0v) is 14.2. The molecule has 0 radical (unpaired) electrons. The van der Waals surface area contributed by atoms with Gasteiger partial charge >= 0.3 is 0 Å². The highest BCUT2D eigenvalue weighted by molar-refractivity contribution is 5.92. The molecule has 1 aromatic carbocycles. The van der Waals surface area contributed by atoms with E-state index in [0.29, 0.717) is 17.9 Å². The molecule has 6 rings (SSSR count). The molecule has 0 N–H and O–H groups in total. The third-order valence-electron chi connectivity index (χ3n) is 6.63. The Balaban J connectivity index is 1.54. The summed E-state index contributed by atoms with van der Waals surface area (Å²) in [5, 5.41) is 0. The molecule has 4 fully saturated rings. The van der Waals surface area contributed by atoms with Crippen LogP contribution in [0.5, 0.6) is 0 Å². The van der Waals surface area contributed by atoms with Crippen molar-refractivity contribution < 1.29 is 4.79 Å².